The SMILES string of the molecule is COc1ccccc1CC(CN)CCS(C)(=O)=O. The number of sulfone groups is 1. The molecule has 102 valence electrons. The Bertz CT molecular complexity index is 471. The summed E-state index contributed by atoms with van der Waals surface area (Å²) in [6.45, 7) is 0.480. The molecule has 5 heteroatoms. The molecule has 0 radical (unpaired) electrons. The average Bonchev–Trinajstić information content (AvgIpc) is 2.33. The van der Waals surface area contributed by atoms with Gasteiger partial charge in [-0.15, -0.1) is 0 Å². The van der Waals surface area contributed by atoms with Crippen molar-refractivity contribution in [2.24, 2.45) is 11.7 Å². The molecule has 0 aliphatic heterocycles. The summed E-state index contributed by atoms with van der Waals surface area (Å²) in [5.41, 5.74) is 6.78. The standard InChI is InChI=1S/C13H21NO3S/c1-17-13-6-4-3-5-12(13)9-11(10-14)7-8-18(2,15)16/h3-6,11H,7-10,14H2,1-2H3. The molecule has 1 aromatic carbocycles. The summed E-state index contributed by atoms with van der Waals surface area (Å²) in [7, 11) is -1.29. The van der Waals surface area contributed by atoms with Crippen LogP contribution in [0.25, 0.3) is 0 Å². The molecule has 1 rings (SSSR count). The Morgan fingerprint density at radius 3 is 2.56 bits per heavy atom. The molecular weight excluding hydrogens is 250 g/mol. The van der Waals surface area contributed by atoms with Crippen molar-refractivity contribution >= 4 is 9.84 Å². The largest absolute Gasteiger partial charge is 0.496 e. The molecule has 0 saturated carbocycles. The summed E-state index contributed by atoms with van der Waals surface area (Å²) in [5, 5.41) is 0. The normalized spacial score (nSPS) is 13.3. The lowest BCUT2D eigenvalue weighted by Gasteiger charge is -2.16. The van der Waals surface area contributed by atoms with Gasteiger partial charge < -0.3 is 10.5 Å². The zero-order chi connectivity index (χ0) is 13.6. The van der Waals surface area contributed by atoms with Crippen molar-refractivity contribution in [3.05, 3.63) is 29.8 Å². The Labute approximate surface area is 109 Å². The minimum Gasteiger partial charge on any atom is -0.496 e. The number of para-hydroxylation sites is 1. The molecule has 4 nitrogen and oxygen atoms in total. The molecule has 1 unspecified atom stereocenters. The number of ether oxygens (including phenoxy) is 1. The summed E-state index contributed by atoms with van der Waals surface area (Å²) >= 11 is 0. The minimum atomic E-state index is -2.92. The first kappa shape index (κ1) is 15.0. The van der Waals surface area contributed by atoms with Gasteiger partial charge in [0.05, 0.1) is 12.9 Å². The van der Waals surface area contributed by atoms with Crippen molar-refractivity contribution in [3.63, 3.8) is 0 Å². The van der Waals surface area contributed by atoms with Crippen molar-refractivity contribution in [2.75, 3.05) is 25.7 Å². The van der Waals surface area contributed by atoms with Crippen LogP contribution in [0.4, 0.5) is 0 Å². The molecule has 0 amide bonds. The van der Waals surface area contributed by atoms with E-state index in [-0.39, 0.29) is 11.7 Å². The summed E-state index contributed by atoms with van der Waals surface area (Å²) in [5.74, 6) is 1.18. The van der Waals surface area contributed by atoms with Crippen LogP contribution in [0.2, 0.25) is 0 Å². The van der Waals surface area contributed by atoms with Gasteiger partial charge in [0.2, 0.25) is 0 Å². The first-order chi connectivity index (χ1) is 8.46. The molecule has 0 aromatic heterocycles. The monoisotopic (exact) mass is 271 g/mol. The number of benzene rings is 1. The van der Waals surface area contributed by atoms with Gasteiger partial charge in [-0.2, -0.15) is 0 Å². The molecule has 0 saturated heterocycles. The maximum absolute atomic E-state index is 11.2. The highest BCUT2D eigenvalue weighted by Crippen LogP contribution is 2.22. The van der Waals surface area contributed by atoms with Crippen LogP contribution < -0.4 is 10.5 Å². The van der Waals surface area contributed by atoms with E-state index >= 15 is 0 Å². The molecular formula is C13H21NO3S. The number of rotatable bonds is 7. The van der Waals surface area contributed by atoms with Gasteiger partial charge in [0.25, 0.3) is 0 Å². The maximum Gasteiger partial charge on any atom is 0.147 e. The summed E-state index contributed by atoms with van der Waals surface area (Å²) < 4.78 is 27.6. The Balaban J connectivity index is 2.68. The predicted octanol–water partition coefficient (Wildman–Crippen LogP) is 1.25. The van der Waals surface area contributed by atoms with Gasteiger partial charge in [-0.3, -0.25) is 0 Å². The molecule has 1 aromatic rings. The lowest BCUT2D eigenvalue weighted by Crippen LogP contribution is -2.20. The van der Waals surface area contributed by atoms with Crippen molar-refractivity contribution in [1.82, 2.24) is 0 Å². The highest BCUT2D eigenvalue weighted by atomic mass is 32.2. The van der Waals surface area contributed by atoms with Gasteiger partial charge in [0.15, 0.2) is 0 Å². The molecule has 2 N–H and O–H groups in total. The average molecular weight is 271 g/mol. The van der Waals surface area contributed by atoms with Crippen LogP contribution >= 0.6 is 0 Å². The van der Waals surface area contributed by atoms with E-state index < -0.39 is 9.84 Å². The predicted molar refractivity (Wildman–Crippen MR) is 73.6 cm³/mol. The zero-order valence-corrected chi connectivity index (χ0v) is 11.7. The lowest BCUT2D eigenvalue weighted by atomic mass is 9.96. The Kier molecular flexibility index (Phi) is 5.62. The van der Waals surface area contributed by atoms with Gasteiger partial charge in [0.1, 0.15) is 15.6 Å². The third-order valence-electron chi connectivity index (χ3n) is 2.93. The van der Waals surface area contributed by atoms with Gasteiger partial charge in [-0.05, 0) is 36.9 Å². The quantitative estimate of drug-likeness (QED) is 0.810. The Morgan fingerprint density at radius 1 is 1.33 bits per heavy atom. The number of hydrogen-bond donors (Lipinski definition) is 1. The Morgan fingerprint density at radius 2 is 2.00 bits per heavy atom. The van der Waals surface area contributed by atoms with Crippen molar-refractivity contribution in [2.45, 2.75) is 12.8 Å². The lowest BCUT2D eigenvalue weighted by molar-refractivity contribution is 0.403. The van der Waals surface area contributed by atoms with Crippen LogP contribution in [0.3, 0.4) is 0 Å². The van der Waals surface area contributed by atoms with Crippen LogP contribution in [0.5, 0.6) is 5.75 Å². The molecule has 0 fully saturated rings. The first-order valence-corrected chi connectivity index (χ1v) is 8.02. The second-order valence-electron chi connectivity index (χ2n) is 4.54. The highest BCUT2D eigenvalue weighted by Gasteiger charge is 2.13. The molecule has 0 aliphatic carbocycles. The minimum absolute atomic E-state index is 0.163. The van der Waals surface area contributed by atoms with Gasteiger partial charge in [0, 0.05) is 6.26 Å². The van der Waals surface area contributed by atoms with Crippen molar-refractivity contribution in [1.29, 1.82) is 0 Å². The fourth-order valence-corrected chi connectivity index (χ4v) is 2.63. The number of methoxy groups -OCH3 is 1. The maximum atomic E-state index is 11.2. The second-order valence-corrected chi connectivity index (χ2v) is 6.80. The van der Waals surface area contributed by atoms with E-state index in [1.54, 1.807) is 7.11 Å². The molecule has 1 atom stereocenters. The molecule has 0 spiro atoms. The zero-order valence-electron chi connectivity index (χ0n) is 10.9. The van der Waals surface area contributed by atoms with Gasteiger partial charge in [-0.1, -0.05) is 18.2 Å². The van der Waals surface area contributed by atoms with Crippen LogP contribution in [0.1, 0.15) is 12.0 Å². The summed E-state index contributed by atoms with van der Waals surface area (Å²) in [6, 6.07) is 7.75. The van der Waals surface area contributed by atoms with Crippen molar-refractivity contribution < 1.29 is 13.2 Å². The molecule has 0 heterocycles. The van der Waals surface area contributed by atoms with Gasteiger partial charge in [-0.25, -0.2) is 8.42 Å². The third-order valence-corrected chi connectivity index (χ3v) is 3.91. The smallest absolute Gasteiger partial charge is 0.147 e. The fourth-order valence-electron chi connectivity index (χ4n) is 1.87. The summed E-state index contributed by atoms with van der Waals surface area (Å²) in [4.78, 5) is 0. The van der Waals surface area contributed by atoms with E-state index in [1.165, 1.54) is 6.26 Å². The van der Waals surface area contributed by atoms with E-state index in [0.29, 0.717) is 13.0 Å². The van der Waals surface area contributed by atoms with E-state index in [0.717, 1.165) is 17.7 Å². The van der Waals surface area contributed by atoms with E-state index in [2.05, 4.69) is 0 Å². The van der Waals surface area contributed by atoms with Crippen molar-refractivity contribution in [3.8, 4) is 5.75 Å². The van der Waals surface area contributed by atoms with Crippen LogP contribution in [-0.4, -0.2) is 34.1 Å². The third kappa shape index (κ3) is 5.06. The second kappa shape index (κ2) is 6.75. The van der Waals surface area contributed by atoms with Crippen LogP contribution in [0, 0.1) is 5.92 Å². The molecule has 0 aliphatic rings. The summed E-state index contributed by atoms with van der Waals surface area (Å²) in [6.07, 6.45) is 2.59. The number of hydrogen-bond acceptors (Lipinski definition) is 4. The van der Waals surface area contributed by atoms with Crippen LogP contribution in [0.15, 0.2) is 24.3 Å². The van der Waals surface area contributed by atoms with Gasteiger partial charge >= 0.3 is 0 Å². The number of nitrogens with two attached hydrogens (primary N) is 1. The van der Waals surface area contributed by atoms with E-state index in [4.69, 9.17) is 10.5 Å². The molecule has 0 bridgehead atoms. The fraction of sp³-hybridized carbons (Fsp3) is 0.538. The topological polar surface area (TPSA) is 69.4 Å². The van der Waals surface area contributed by atoms with Crippen LogP contribution in [-0.2, 0) is 16.3 Å². The van der Waals surface area contributed by atoms with E-state index in [1.807, 2.05) is 24.3 Å². The first-order valence-electron chi connectivity index (χ1n) is 5.96. The van der Waals surface area contributed by atoms with E-state index in [9.17, 15) is 8.42 Å². The molecule has 18 heavy (non-hydrogen) atoms. The Hall–Kier alpha value is -1.07. The highest BCUT2D eigenvalue weighted by molar-refractivity contribution is 7.90.